The van der Waals surface area contributed by atoms with E-state index >= 15 is 0 Å². The van der Waals surface area contributed by atoms with Gasteiger partial charge in [0.2, 0.25) is 15.9 Å². The second-order valence-electron chi connectivity index (χ2n) is 6.36. The number of carbonyl (C=O) groups excluding carboxylic acids is 2. The lowest BCUT2D eigenvalue weighted by Gasteiger charge is -2.36. The number of aldehydes is 1. The Morgan fingerprint density at radius 1 is 1.33 bits per heavy atom. The lowest BCUT2D eigenvalue weighted by atomic mass is 10.1. The van der Waals surface area contributed by atoms with Crippen LogP contribution in [0.5, 0.6) is 0 Å². The fraction of sp³-hybridized carbons (Fsp3) is 0.333. The van der Waals surface area contributed by atoms with Gasteiger partial charge in [-0.1, -0.05) is 30.6 Å². The number of sulfonamides is 1. The van der Waals surface area contributed by atoms with Gasteiger partial charge in [-0.2, -0.15) is 4.72 Å². The van der Waals surface area contributed by atoms with E-state index in [0.717, 1.165) is 4.90 Å². The van der Waals surface area contributed by atoms with Gasteiger partial charge in [-0.15, -0.1) is 0 Å². The maximum absolute atomic E-state index is 13.1. The van der Waals surface area contributed by atoms with E-state index in [2.05, 4.69) is 20.9 Å². The lowest BCUT2D eigenvalue weighted by Crippen LogP contribution is -2.78. The molecule has 1 aromatic rings. The molecule has 162 valence electrons. The maximum Gasteiger partial charge on any atom is 0.338 e. The normalized spacial score (nSPS) is 14.8. The van der Waals surface area contributed by atoms with Gasteiger partial charge < -0.3 is 19.8 Å². The summed E-state index contributed by atoms with van der Waals surface area (Å²) in [6, 6.07) is 4.99. The molecule has 1 aromatic carbocycles. The van der Waals surface area contributed by atoms with Gasteiger partial charge >= 0.3 is 5.96 Å². The molecule has 1 aliphatic rings. The molecule has 1 amide bonds. The van der Waals surface area contributed by atoms with Crippen LogP contribution in [-0.2, 0) is 19.6 Å². The molecule has 2 atom stereocenters. The summed E-state index contributed by atoms with van der Waals surface area (Å²) in [6.07, 6.45) is 5.09. The topological polar surface area (TPSA) is 182 Å². The molecule has 2 rings (SSSR count). The predicted octanol–water partition coefficient (Wildman–Crippen LogP) is -3.34. The molecule has 0 aliphatic carbocycles. The van der Waals surface area contributed by atoms with Crippen molar-refractivity contribution in [1.29, 1.82) is 0 Å². The van der Waals surface area contributed by atoms with Crippen LogP contribution < -0.4 is 21.2 Å². The standard InChI is InChI=1S/C18H23N6O5S/c19-18(20)22-8-4-5-13(11-25)24(14-9-21-10-14)17(27)16(12-26)23-30(28,29)15-6-2-1-3-7-15/h1-3,6-7,9,11,13,16,23,26H,4-5,8,12H2,(H4,19,20,22)/q-1/p+1/t13-,16+/m0/s1. The van der Waals surface area contributed by atoms with E-state index in [1.54, 1.807) is 6.07 Å². The van der Waals surface area contributed by atoms with Crippen molar-refractivity contribution in [3.8, 4) is 0 Å². The van der Waals surface area contributed by atoms with Gasteiger partial charge in [-0.25, -0.2) is 8.42 Å². The van der Waals surface area contributed by atoms with Gasteiger partial charge in [0.05, 0.1) is 24.1 Å². The Labute approximate surface area is 174 Å². The van der Waals surface area contributed by atoms with Crippen LogP contribution in [0.2, 0.25) is 0 Å². The number of rotatable bonds is 12. The third-order valence-electron chi connectivity index (χ3n) is 4.19. The summed E-state index contributed by atoms with van der Waals surface area (Å²) in [7, 11) is -4.08. The summed E-state index contributed by atoms with van der Waals surface area (Å²) < 4.78 is 27.3. The average molecular weight is 436 g/mol. The second-order valence-corrected chi connectivity index (χ2v) is 8.07. The number of aliphatic hydroxyl groups is 1. The minimum absolute atomic E-state index is 0.0309. The lowest BCUT2D eigenvalue weighted by molar-refractivity contribution is -0.459. The van der Waals surface area contributed by atoms with E-state index < -0.39 is 34.6 Å². The number of aliphatic imine (C=N–C) groups is 1. The zero-order valence-corrected chi connectivity index (χ0v) is 16.9. The molecule has 0 fully saturated rings. The van der Waals surface area contributed by atoms with E-state index in [-0.39, 0.29) is 23.0 Å². The van der Waals surface area contributed by atoms with Crippen LogP contribution in [0.1, 0.15) is 12.8 Å². The average Bonchev–Trinajstić information content (AvgIpc) is 2.69. The van der Waals surface area contributed by atoms with Gasteiger partial charge in [0.25, 0.3) is 0 Å². The number of guanidine groups is 1. The molecule has 1 aliphatic heterocycles. The Bertz CT molecular complexity index is 941. The maximum atomic E-state index is 13.1. The van der Waals surface area contributed by atoms with Crippen molar-refractivity contribution in [3.05, 3.63) is 42.2 Å². The highest BCUT2D eigenvalue weighted by atomic mass is 32.2. The molecule has 30 heavy (non-hydrogen) atoms. The highest BCUT2D eigenvalue weighted by Crippen LogP contribution is 2.18. The summed E-state index contributed by atoms with van der Waals surface area (Å²) in [5, 5.41) is 9.69. The first-order valence-electron chi connectivity index (χ1n) is 9.04. The SMILES string of the molecule is NC(N)=[NH+]CCC[C@@H](C=O)N(C(=O)[C@@H](CO)NS(=O)(=O)c1ccccc1)C1=CN=[C-]1. The van der Waals surface area contributed by atoms with E-state index in [1.807, 2.05) is 0 Å². The third kappa shape index (κ3) is 5.95. The number of carbonyl (C=O) groups is 2. The van der Waals surface area contributed by atoms with Gasteiger partial charge in [-0.05, 0) is 30.7 Å². The molecule has 0 aromatic heterocycles. The van der Waals surface area contributed by atoms with Crippen molar-refractivity contribution in [2.45, 2.75) is 29.8 Å². The van der Waals surface area contributed by atoms with Crippen molar-refractivity contribution in [3.63, 3.8) is 0 Å². The Hall–Kier alpha value is -3.09. The molecule has 0 radical (unpaired) electrons. The van der Waals surface area contributed by atoms with Crippen molar-refractivity contribution < 1.29 is 28.1 Å². The first-order chi connectivity index (χ1) is 14.3. The minimum Gasteiger partial charge on any atom is -0.394 e. The molecule has 12 heteroatoms. The summed E-state index contributed by atoms with van der Waals surface area (Å²) >= 11 is 0. The molecule has 0 spiro atoms. The number of nitrogens with zero attached hydrogens (tertiary/aromatic N) is 2. The quantitative estimate of drug-likeness (QED) is 0.0746. The minimum atomic E-state index is -4.08. The fourth-order valence-corrected chi connectivity index (χ4v) is 3.89. The van der Waals surface area contributed by atoms with Gasteiger partial charge in [0.15, 0.2) is 0 Å². The Balaban J connectivity index is 2.19. The first kappa shape index (κ1) is 23.2. The van der Waals surface area contributed by atoms with Gasteiger partial charge in [0.1, 0.15) is 12.3 Å². The van der Waals surface area contributed by atoms with Crippen LogP contribution in [0.4, 0.5) is 0 Å². The van der Waals surface area contributed by atoms with E-state index in [1.165, 1.54) is 30.5 Å². The summed E-state index contributed by atoms with van der Waals surface area (Å²) in [5.41, 5.74) is 10.9. The van der Waals surface area contributed by atoms with Crippen LogP contribution in [-0.4, -0.2) is 68.0 Å². The van der Waals surface area contributed by atoms with Gasteiger partial charge in [0, 0.05) is 0 Å². The van der Waals surface area contributed by atoms with Crippen molar-refractivity contribution in [2.75, 3.05) is 13.2 Å². The Morgan fingerprint density at radius 2 is 2.00 bits per heavy atom. The zero-order chi connectivity index (χ0) is 22.1. The third-order valence-corrected chi connectivity index (χ3v) is 5.68. The van der Waals surface area contributed by atoms with Crippen LogP contribution in [0.25, 0.3) is 0 Å². The van der Waals surface area contributed by atoms with E-state index in [4.69, 9.17) is 11.5 Å². The van der Waals surface area contributed by atoms with Crippen LogP contribution >= 0.6 is 0 Å². The largest absolute Gasteiger partial charge is 0.394 e. The summed E-state index contributed by atoms with van der Waals surface area (Å²) in [4.78, 5) is 32.1. The molecule has 0 unspecified atom stereocenters. The van der Waals surface area contributed by atoms with Gasteiger partial charge in [-0.3, -0.25) is 21.3 Å². The number of hydrogen-bond donors (Lipinski definition) is 5. The molecular weight excluding hydrogens is 412 g/mol. The molecule has 0 saturated heterocycles. The monoisotopic (exact) mass is 436 g/mol. The van der Waals surface area contributed by atoms with Crippen molar-refractivity contribution in [2.24, 2.45) is 16.5 Å². The number of benzene rings is 1. The molecule has 0 bridgehead atoms. The highest BCUT2D eigenvalue weighted by Gasteiger charge is 2.33. The van der Waals surface area contributed by atoms with E-state index in [9.17, 15) is 23.1 Å². The predicted molar refractivity (Wildman–Crippen MR) is 108 cm³/mol. The van der Waals surface area contributed by atoms with Crippen LogP contribution in [0.3, 0.4) is 0 Å². The number of nitrogens with one attached hydrogen (secondary N) is 2. The second kappa shape index (κ2) is 10.6. The molecule has 11 nitrogen and oxygen atoms in total. The molecular formula is C18H24N6O5S. The zero-order valence-electron chi connectivity index (χ0n) is 16.1. The van der Waals surface area contributed by atoms with Crippen LogP contribution in [0.15, 0.2) is 52.1 Å². The van der Waals surface area contributed by atoms with Crippen molar-refractivity contribution >= 4 is 34.4 Å². The van der Waals surface area contributed by atoms with Crippen molar-refractivity contribution in [1.82, 2.24) is 9.62 Å². The fourth-order valence-electron chi connectivity index (χ4n) is 2.69. The Kier molecular flexibility index (Phi) is 8.21. The highest BCUT2D eigenvalue weighted by molar-refractivity contribution is 7.89. The number of hydrogen-bond acceptors (Lipinski definition) is 6. The summed E-state index contributed by atoms with van der Waals surface area (Å²) in [6.45, 7) is -0.437. The molecule has 1 heterocycles. The molecule has 7 N–H and O–H groups in total. The smallest absolute Gasteiger partial charge is 0.338 e. The number of nitrogens with two attached hydrogens (primary N) is 2. The number of amides is 1. The first-order valence-corrected chi connectivity index (χ1v) is 10.5. The summed E-state index contributed by atoms with van der Waals surface area (Å²) in [5.74, 6) is -0.774. The number of allylic oxidation sites excluding steroid dienone is 1. The number of aliphatic hydroxyl groups excluding tert-OH is 1. The van der Waals surface area contributed by atoms with Crippen LogP contribution in [0, 0.1) is 0 Å². The van der Waals surface area contributed by atoms with E-state index in [0.29, 0.717) is 19.3 Å². The molecule has 0 saturated carbocycles. The Morgan fingerprint density at radius 3 is 2.50 bits per heavy atom.